The number of likely N-dealkylation sites (N-methyl/N-ethyl adjacent to an activating group) is 1. The van der Waals surface area contributed by atoms with Crippen LogP contribution in [0.1, 0.15) is 17.5 Å². The molecule has 0 fully saturated rings. The van der Waals surface area contributed by atoms with Crippen molar-refractivity contribution >= 4 is 17.7 Å². The summed E-state index contributed by atoms with van der Waals surface area (Å²) in [6.45, 7) is 0.474. The van der Waals surface area contributed by atoms with Gasteiger partial charge in [-0.1, -0.05) is 12.1 Å². The minimum Gasteiger partial charge on any atom is -0.340 e. The van der Waals surface area contributed by atoms with Gasteiger partial charge in [-0.2, -0.15) is 17.0 Å². The van der Waals surface area contributed by atoms with Gasteiger partial charge in [0.1, 0.15) is 0 Å². The Bertz CT molecular complexity index is 470. The molecule has 0 saturated carbocycles. The van der Waals surface area contributed by atoms with E-state index in [4.69, 9.17) is 11.0 Å². The van der Waals surface area contributed by atoms with Crippen molar-refractivity contribution in [2.24, 2.45) is 5.73 Å². The van der Waals surface area contributed by atoms with Gasteiger partial charge in [0.05, 0.1) is 17.7 Å². The minimum atomic E-state index is -0.448. The molecule has 0 aromatic heterocycles. The molecule has 5 heteroatoms. The zero-order valence-corrected chi connectivity index (χ0v) is 12.1. The lowest BCUT2D eigenvalue weighted by atomic mass is 10.1. The molecule has 4 nitrogen and oxygen atoms in total. The van der Waals surface area contributed by atoms with Gasteiger partial charge in [0.15, 0.2) is 0 Å². The van der Waals surface area contributed by atoms with E-state index in [1.165, 1.54) is 0 Å². The molecule has 1 aromatic carbocycles. The molecule has 0 aliphatic rings. The first kappa shape index (κ1) is 15.5. The first-order valence-electron chi connectivity index (χ1n) is 6.07. The predicted octanol–water partition coefficient (Wildman–Crippen LogP) is 1.60. The zero-order valence-electron chi connectivity index (χ0n) is 11.3. The summed E-state index contributed by atoms with van der Waals surface area (Å²) in [5.74, 6) is 0.821. The highest BCUT2D eigenvalue weighted by atomic mass is 32.2. The largest absolute Gasteiger partial charge is 0.340 e. The normalized spacial score (nSPS) is 11.7. The summed E-state index contributed by atoms with van der Waals surface area (Å²) >= 11 is 1.68. The molecule has 0 saturated heterocycles. The zero-order chi connectivity index (χ0) is 14.3. The molecule has 1 aromatic rings. The number of nitrogens with zero attached hydrogens (tertiary/aromatic N) is 2. The Balaban J connectivity index is 2.60. The van der Waals surface area contributed by atoms with Gasteiger partial charge >= 0.3 is 0 Å². The Hall–Kier alpha value is -1.51. The number of thioether (sulfide) groups is 1. The maximum Gasteiger partial charge on any atom is 0.239 e. The second-order valence-corrected chi connectivity index (χ2v) is 5.38. The Kier molecular flexibility index (Phi) is 6.40. The molecule has 0 spiro atoms. The molecule has 2 N–H and O–H groups in total. The van der Waals surface area contributed by atoms with Gasteiger partial charge in [-0.15, -0.1) is 0 Å². The smallest absolute Gasteiger partial charge is 0.239 e. The van der Waals surface area contributed by atoms with Gasteiger partial charge in [0.25, 0.3) is 0 Å². The van der Waals surface area contributed by atoms with Crippen LogP contribution < -0.4 is 5.73 Å². The minimum absolute atomic E-state index is 0.0589. The number of nitriles is 1. The number of rotatable bonds is 6. The topological polar surface area (TPSA) is 70.1 Å². The standard InChI is InChI=1S/C14H19N3OS/c1-17(14(18)13(16)6-7-19-2)10-12-5-3-4-11(8-12)9-15/h3-5,8,13H,6-7,10,16H2,1-2H3/t13-/m1/s1. The molecule has 1 atom stereocenters. The molecular formula is C14H19N3OS. The quantitative estimate of drug-likeness (QED) is 0.857. The predicted molar refractivity (Wildman–Crippen MR) is 78.6 cm³/mol. The summed E-state index contributed by atoms with van der Waals surface area (Å²) in [5, 5.41) is 8.84. The molecular weight excluding hydrogens is 258 g/mol. The summed E-state index contributed by atoms with van der Waals surface area (Å²) in [4.78, 5) is 13.6. The number of nitrogens with two attached hydrogens (primary N) is 1. The van der Waals surface area contributed by atoms with Crippen molar-refractivity contribution in [3.05, 3.63) is 35.4 Å². The van der Waals surface area contributed by atoms with Crippen molar-refractivity contribution in [2.75, 3.05) is 19.1 Å². The highest BCUT2D eigenvalue weighted by Crippen LogP contribution is 2.08. The molecule has 0 bridgehead atoms. The number of benzene rings is 1. The van der Waals surface area contributed by atoms with Crippen molar-refractivity contribution in [1.82, 2.24) is 4.90 Å². The lowest BCUT2D eigenvalue weighted by Crippen LogP contribution is -2.41. The Morgan fingerprint density at radius 3 is 2.95 bits per heavy atom. The fourth-order valence-electron chi connectivity index (χ4n) is 1.74. The molecule has 19 heavy (non-hydrogen) atoms. The third-order valence-electron chi connectivity index (χ3n) is 2.80. The second-order valence-electron chi connectivity index (χ2n) is 4.39. The van der Waals surface area contributed by atoms with E-state index in [-0.39, 0.29) is 5.91 Å². The third-order valence-corrected chi connectivity index (χ3v) is 3.45. The summed E-state index contributed by atoms with van der Waals surface area (Å²) in [7, 11) is 1.74. The van der Waals surface area contributed by atoms with Crippen LogP contribution in [0.2, 0.25) is 0 Å². The number of carbonyl (C=O) groups excluding carboxylic acids is 1. The van der Waals surface area contributed by atoms with Crippen LogP contribution in [0, 0.1) is 11.3 Å². The van der Waals surface area contributed by atoms with Crippen molar-refractivity contribution in [1.29, 1.82) is 5.26 Å². The van der Waals surface area contributed by atoms with E-state index in [1.54, 1.807) is 35.8 Å². The van der Waals surface area contributed by atoms with Crippen LogP contribution in [0.5, 0.6) is 0 Å². The van der Waals surface area contributed by atoms with Crippen LogP contribution in [-0.4, -0.2) is 35.9 Å². The first-order valence-corrected chi connectivity index (χ1v) is 7.46. The summed E-state index contributed by atoms with van der Waals surface area (Å²) in [5.41, 5.74) is 7.40. The van der Waals surface area contributed by atoms with Crippen molar-refractivity contribution in [3.63, 3.8) is 0 Å². The van der Waals surface area contributed by atoms with E-state index in [9.17, 15) is 4.79 Å². The number of amides is 1. The number of hydrogen-bond donors (Lipinski definition) is 1. The van der Waals surface area contributed by atoms with Gasteiger partial charge < -0.3 is 10.6 Å². The molecule has 1 amide bonds. The average molecular weight is 277 g/mol. The summed E-state index contributed by atoms with van der Waals surface area (Å²) in [6.07, 6.45) is 2.68. The lowest BCUT2D eigenvalue weighted by molar-refractivity contribution is -0.131. The van der Waals surface area contributed by atoms with E-state index in [1.807, 2.05) is 18.4 Å². The van der Waals surface area contributed by atoms with Gasteiger partial charge in [0, 0.05) is 13.6 Å². The molecule has 1 rings (SSSR count). The van der Waals surface area contributed by atoms with Crippen LogP contribution in [0.3, 0.4) is 0 Å². The fourth-order valence-corrected chi connectivity index (χ4v) is 2.23. The molecule has 102 valence electrons. The third kappa shape index (κ3) is 4.93. The Morgan fingerprint density at radius 1 is 1.58 bits per heavy atom. The van der Waals surface area contributed by atoms with Crippen molar-refractivity contribution < 1.29 is 4.79 Å². The monoisotopic (exact) mass is 277 g/mol. The average Bonchev–Trinajstić information content (AvgIpc) is 2.43. The Morgan fingerprint density at radius 2 is 2.32 bits per heavy atom. The highest BCUT2D eigenvalue weighted by molar-refractivity contribution is 7.98. The lowest BCUT2D eigenvalue weighted by Gasteiger charge is -2.21. The number of hydrogen-bond acceptors (Lipinski definition) is 4. The van der Waals surface area contributed by atoms with Gasteiger partial charge in [0.2, 0.25) is 5.91 Å². The van der Waals surface area contributed by atoms with E-state index in [0.29, 0.717) is 18.5 Å². The van der Waals surface area contributed by atoms with Gasteiger partial charge in [-0.3, -0.25) is 4.79 Å². The molecule has 0 radical (unpaired) electrons. The van der Waals surface area contributed by atoms with Crippen LogP contribution >= 0.6 is 11.8 Å². The van der Waals surface area contributed by atoms with E-state index >= 15 is 0 Å². The van der Waals surface area contributed by atoms with E-state index < -0.39 is 6.04 Å². The van der Waals surface area contributed by atoms with E-state index in [0.717, 1.165) is 11.3 Å². The van der Waals surface area contributed by atoms with Crippen molar-refractivity contribution in [2.45, 2.75) is 19.0 Å². The van der Waals surface area contributed by atoms with E-state index in [2.05, 4.69) is 6.07 Å². The maximum atomic E-state index is 12.0. The summed E-state index contributed by atoms with van der Waals surface area (Å²) < 4.78 is 0. The SMILES string of the molecule is CSCC[C@@H](N)C(=O)N(C)Cc1cccc(C#N)c1. The van der Waals surface area contributed by atoms with Crippen LogP contribution in [0.4, 0.5) is 0 Å². The Labute approximate surface area is 118 Å². The first-order chi connectivity index (χ1) is 9.08. The van der Waals surface area contributed by atoms with Gasteiger partial charge in [-0.25, -0.2) is 0 Å². The molecule has 0 heterocycles. The van der Waals surface area contributed by atoms with Crippen LogP contribution in [0.25, 0.3) is 0 Å². The van der Waals surface area contributed by atoms with Crippen LogP contribution in [-0.2, 0) is 11.3 Å². The number of carbonyl (C=O) groups is 1. The van der Waals surface area contributed by atoms with Crippen LogP contribution in [0.15, 0.2) is 24.3 Å². The molecule has 0 aliphatic heterocycles. The summed E-state index contributed by atoms with van der Waals surface area (Å²) in [6, 6.07) is 8.90. The second kappa shape index (κ2) is 7.82. The fraction of sp³-hybridized carbons (Fsp3) is 0.429. The van der Waals surface area contributed by atoms with Crippen molar-refractivity contribution in [3.8, 4) is 6.07 Å². The van der Waals surface area contributed by atoms with Gasteiger partial charge in [-0.05, 0) is 36.1 Å². The maximum absolute atomic E-state index is 12.0. The molecule has 0 unspecified atom stereocenters. The highest BCUT2D eigenvalue weighted by Gasteiger charge is 2.17. The molecule has 0 aliphatic carbocycles.